The van der Waals surface area contributed by atoms with Crippen LogP contribution in [0.1, 0.15) is 11.1 Å². The lowest BCUT2D eigenvalue weighted by atomic mass is 10.2. The van der Waals surface area contributed by atoms with E-state index in [-0.39, 0.29) is 5.75 Å². The Bertz CT molecular complexity index is 1050. The lowest BCUT2D eigenvalue weighted by Crippen LogP contribution is -2.20. The van der Waals surface area contributed by atoms with Crippen LogP contribution in [0.5, 0.6) is 11.5 Å². The van der Waals surface area contributed by atoms with Crippen LogP contribution < -0.4 is 15.8 Å². The zero-order chi connectivity index (χ0) is 19.2. The SMILES string of the molecule is C#CC(=O)NCc1cccc(OC/C=C/c2cc(O)c3nc(N)sc3c2)c1. The Morgan fingerprint density at radius 3 is 3.07 bits per heavy atom. The predicted molar refractivity (Wildman–Crippen MR) is 107 cm³/mol. The summed E-state index contributed by atoms with van der Waals surface area (Å²) in [5.41, 5.74) is 7.91. The molecule has 1 heterocycles. The number of aromatic hydroxyl groups is 1. The topological polar surface area (TPSA) is 97.5 Å². The summed E-state index contributed by atoms with van der Waals surface area (Å²) in [6.07, 6.45) is 8.72. The summed E-state index contributed by atoms with van der Waals surface area (Å²) in [4.78, 5) is 15.2. The summed E-state index contributed by atoms with van der Waals surface area (Å²) in [6.45, 7) is 0.692. The van der Waals surface area contributed by atoms with E-state index >= 15 is 0 Å². The molecule has 27 heavy (non-hydrogen) atoms. The Morgan fingerprint density at radius 1 is 1.41 bits per heavy atom. The summed E-state index contributed by atoms with van der Waals surface area (Å²) in [5.74, 6) is 2.33. The summed E-state index contributed by atoms with van der Waals surface area (Å²) < 4.78 is 6.52. The van der Waals surface area contributed by atoms with E-state index in [0.29, 0.717) is 29.5 Å². The van der Waals surface area contributed by atoms with E-state index in [0.717, 1.165) is 15.8 Å². The number of nitrogen functional groups attached to an aromatic ring is 1. The third kappa shape index (κ3) is 4.77. The fraction of sp³-hybridized carbons (Fsp3) is 0.100. The highest BCUT2D eigenvalue weighted by Gasteiger charge is 2.07. The Kier molecular flexibility index (Phi) is 5.59. The largest absolute Gasteiger partial charge is 0.506 e. The number of nitrogens with one attached hydrogen (secondary N) is 1. The van der Waals surface area contributed by atoms with Crippen molar-refractivity contribution in [3.05, 3.63) is 53.6 Å². The first-order valence-corrected chi connectivity index (χ1v) is 8.88. The first kappa shape index (κ1) is 18.3. The van der Waals surface area contributed by atoms with Crippen LogP contribution in [0.4, 0.5) is 5.13 Å². The van der Waals surface area contributed by atoms with Crippen molar-refractivity contribution in [1.82, 2.24) is 10.3 Å². The molecule has 4 N–H and O–H groups in total. The van der Waals surface area contributed by atoms with Crippen molar-refractivity contribution in [2.24, 2.45) is 0 Å². The smallest absolute Gasteiger partial charge is 0.295 e. The van der Waals surface area contributed by atoms with Gasteiger partial charge in [-0.1, -0.05) is 29.5 Å². The highest BCUT2D eigenvalue weighted by atomic mass is 32.1. The molecular weight excluding hydrogens is 362 g/mol. The minimum atomic E-state index is -0.452. The van der Waals surface area contributed by atoms with E-state index in [1.54, 1.807) is 6.07 Å². The number of aromatic nitrogens is 1. The Labute approximate surface area is 160 Å². The second-order valence-electron chi connectivity index (χ2n) is 5.63. The highest BCUT2D eigenvalue weighted by Crippen LogP contribution is 2.32. The number of nitrogens with two attached hydrogens (primary N) is 1. The lowest BCUT2D eigenvalue weighted by molar-refractivity contribution is -0.115. The van der Waals surface area contributed by atoms with Gasteiger partial charge in [-0.3, -0.25) is 4.79 Å². The van der Waals surface area contributed by atoms with Crippen molar-refractivity contribution in [3.63, 3.8) is 0 Å². The monoisotopic (exact) mass is 379 g/mol. The number of fused-ring (bicyclic) bond motifs is 1. The predicted octanol–water partition coefficient (Wildman–Crippen LogP) is 2.93. The van der Waals surface area contributed by atoms with Gasteiger partial charge in [0.15, 0.2) is 5.13 Å². The van der Waals surface area contributed by atoms with E-state index in [9.17, 15) is 9.90 Å². The van der Waals surface area contributed by atoms with Crippen molar-refractivity contribution in [2.75, 3.05) is 12.3 Å². The van der Waals surface area contributed by atoms with Crippen LogP contribution >= 0.6 is 11.3 Å². The molecule has 0 saturated heterocycles. The minimum Gasteiger partial charge on any atom is -0.506 e. The maximum Gasteiger partial charge on any atom is 0.295 e. The van der Waals surface area contributed by atoms with Crippen LogP contribution in [0.3, 0.4) is 0 Å². The van der Waals surface area contributed by atoms with Gasteiger partial charge in [-0.2, -0.15) is 0 Å². The highest BCUT2D eigenvalue weighted by molar-refractivity contribution is 7.22. The standard InChI is InChI=1S/C20H17N3O3S/c1-2-18(25)22-12-14-5-3-7-15(9-14)26-8-4-6-13-10-16(24)19-17(11-13)27-20(21)23-19/h1,3-7,9-11,24H,8,12H2,(H2,21,23)(H,22,25)/b6-4+. The normalized spacial score (nSPS) is 10.8. The minimum absolute atomic E-state index is 0.0998. The van der Waals surface area contributed by atoms with Crippen LogP contribution in [0, 0.1) is 12.3 Å². The molecule has 0 fully saturated rings. The van der Waals surface area contributed by atoms with Crippen LogP contribution in [-0.4, -0.2) is 22.6 Å². The number of phenolic OH excluding ortho intramolecular Hbond substituents is 1. The van der Waals surface area contributed by atoms with Gasteiger partial charge in [0.2, 0.25) is 0 Å². The molecule has 0 atom stereocenters. The zero-order valence-electron chi connectivity index (χ0n) is 14.3. The Hall–Kier alpha value is -3.50. The number of amides is 1. The van der Waals surface area contributed by atoms with Gasteiger partial charge in [0.25, 0.3) is 5.91 Å². The van der Waals surface area contributed by atoms with E-state index in [4.69, 9.17) is 16.9 Å². The average molecular weight is 379 g/mol. The van der Waals surface area contributed by atoms with Crippen molar-refractivity contribution in [1.29, 1.82) is 0 Å². The molecule has 0 spiro atoms. The van der Waals surface area contributed by atoms with Gasteiger partial charge < -0.3 is 20.9 Å². The second-order valence-corrected chi connectivity index (χ2v) is 6.69. The van der Waals surface area contributed by atoms with Crippen LogP contribution in [0.25, 0.3) is 16.3 Å². The van der Waals surface area contributed by atoms with E-state index in [1.807, 2.05) is 48.4 Å². The summed E-state index contributed by atoms with van der Waals surface area (Å²) >= 11 is 1.33. The average Bonchev–Trinajstić information content (AvgIpc) is 3.04. The number of ether oxygens (including phenoxy) is 1. The fourth-order valence-corrected chi connectivity index (χ4v) is 3.26. The van der Waals surface area contributed by atoms with Crippen molar-refractivity contribution < 1.29 is 14.6 Å². The molecule has 0 bridgehead atoms. The number of phenols is 1. The van der Waals surface area contributed by atoms with Crippen molar-refractivity contribution in [3.8, 4) is 23.8 Å². The van der Waals surface area contributed by atoms with Gasteiger partial charge in [-0.15, -0.1) is 6.42 Å². The summed E-state index contributed by atoms with van der Waals surface area (Å²) in [7, 11) is 0. The van der Waals surface area contributed by atoms with Crippen LogP contribution in [0.2, 0.25) is 0 Å². The molecule has 6 nitrogen and oxygen atoms in total. The second kappa shape index (κ2) is 8.25. The number of hydrogen-bond acceptors (Lipinski definition) is 6. The third-order valence-electron chi connectivity index (χ3n) is 3.65. The van der Waals surface area contributed by atoms with Crippen molar-refractivity contribution in [2.45, 2.75) is 6.54 Å². The maximum absolute atomic E-state index is 11.1. The van der Waals surface area contributed by atoms with Crippen molar-refractivity contribution >= 4 is 38.7 Å². The molecule has 136 valence electrons. The van der Waals surface area contributed by atoms with Gasteiger partial charge in [0.1, 0.15) is 23.6 Å². The molecule has 1 aromatic heterocycles. The van der Waals surface area contributed by atoms with E-state index < -0.39 is 5.91 Å². The Morgan fingerprint density at radius 2 is 2.26 bits per heavy atom. The molecule has 0 saturated carbocycles. The summed E-state index contributed by atoms with van der Waals surface area (Å²) in [5, 5.41) is 13.0. The number of rotatable bonds is 6. The molecule has 0 radical (unpaired) electrons. The van der Waals surface area contributed by atoms with Gasteiger partial charge in [-0.05, 0) is 47.4 Å². The zero-order valence-corrected chi connectivity index (χ0v) is 15.1. The van der Waals surface area contributed by atoms with Crippen LogP contribution in [-0.2, 0) is 11.3 Å². The molecule has 7 heteroatoms. The van der Waals surface area contributed by atoms with Gasteiger partial charge in [0.05, 0.1) is 4.70 Å². The summed E-state index contributed by atoms with van der Waals surface area (Å²) in [6, 6.07) is 10.9. The van der Waals surface area contributed by atoms with E-state index in [1.165, 1.54) is 11.3 Å². The van der Waals surface area contributed by atoms with Gasteiger partial charge in [0, 0.05) is 6.54 Å². The number of carbonyl (C=O) groups is 1. The number of nitrogens with zero attached hydrogens (tertiary/aromatic N) is 1. The van der Waals surface area contributed by atoms with E-state index in [2.05, 4.69) is 10.3 Å². The number of benzene rings is 2. The molecular formula is C20H17N3O3S. The fourth-order valence-electron chi connectivity index (χ4n) is 2.45. The molecule has 3 rings (SSSR count). The number of carbonyl (C=O) groups excluding carboxylic acids is 1. The number of anilines is 1. The molecule has 1 amide bonds. The first-order chi connectivity index (χ1) is 13.0. The quantitative estimate of drug-likeness (QED) is 0.572. The molecule has 3 aromatic rings. The molecule has 0 aliphatic heterocycles. The number of thiazole rings is 1. The number of hydrogen-bond donors (Lipinski definition) is 3. The van der Waals surface area contributed by atoms with Crippen LogP contribution in [0.15, 0.2) is 42.5 Å². The number of terminal acetylenes is 1. The molecule has 0 unspecified atom stereocenters. The Balaban J connectivity index is 1.59. The lowest BCUT2D eigenvalue weighted by Gasteiger charge is -2.06. The third-order valence-corrected chi connectivity index (χ3v) is 4.48. The molecule has 2 aromatic carbocycles. The molecule has 0 aliphatic rings. The molecule has 0 aliphatic carbocycles. The first-order valence-electron chi connectivity index (χ1n) is 8.07. The maximum atomic E-state index is 11.1. The van der Waals surface area contributed by atoms with Gasteiger partial charge >= 0.3 is 0 Å². The van der Waals surface area contributed by atoms with Gasteiger partial charge in [-0.25, -0.2) is 4.98 Å².